The van der Waals surface area contributed by atoms with E-state index in [0.29, 0.717) is 5.41 Å². The molecule has 2 nitrogen and oxygen atoms in total. The van der Waals surface area contributed by atoms with Gasteiger partial charge in [0.25, 0.3) is 0 Å². The Morgan fingerprint density at radius 1 is 1.43 bits per heavy atom. The highest BCUT2D eigenvalue weighted by molar-refractivity contribution is 7.13. The number of hydrogen-bond donors (Lipinski definition) is 1. The van der Waals surface area contributed by atoms with Crippen LogP contribution in [-0.2, 0) is 6.42 Å². The third-order valence-corrected chi connectivity index (χ3v) is 2.91. The molecule has 0 amide bonds. The first-order chi connectivity index (χ1) is 6.51. The average Bonchev–Trinajstić information content (AvgIpc) is 2.50. The number of nitrogens with zero attached hydrogens (tertiary/aromatic N) is 1. The Morgan fingerprint density at radius 3 is 2.64 bits per heavy atom. The minimum absolute atomic E-state index is 0.401. The van der Waals surface area contributed by atoms with Crippen LogP contribution in [-0.4, -0.2) is 11.5 Å². The molecule has 0 atom stereocenters. The van der Waals surface area contributed by atoms with Crippen LogP contribution in [0.1, 0.15) is 39.8 Å². The molecule has 0 aliphatic heterocycles. The van der Waals surface area contributed by atoms with Gasteiger partial charge in [-0.1, -0.05) is 27.7 Å². The van der Waals surface area contributed by atoms with Gasteiger partial charge in [-0.25, -0.2) is 4.98 Å². The summed E-state index contributed by atoms with van der Waals surface area (Å²) in [5.74, 6) is 0. The molecule has 0 saturated carbocycles. The number of aromatic nitrogens is 1. The van der Waals surface area contributed by atoms with Gasteiger partial charge in [-0.2, -0.15) is 0 Å². The van der Waals surface area contributed by atoms with Crippen LogP contribution in [0.4, 0.5) is 5.13 Å². The molecule has 0 radical (unpaired) electrons. The molecule has 0 aliphatic rings. The SMILES string of the molecule is CCc1csc(NCCC(C)(C)C)n1. The molecule has 80 valence electrons. The first-order valence-electron chi connectivity index (χ1n) is 5.19. The fourth-order valence-electron chi connectivity index (χ4n) is 1.09. The second kappa shape index (κ2) is 4.78. The predicted molar refractivity (Wildman–Crippen MR) is 64.1 cm³/mol. The van der Waals surface area contributed by atoms with Crippen molar-refractivity contribution in [2.45, 2.75) is 40.5 Å². The van der Waals surface area contributed by atoms with Crippen LogP contribution in [0.2, 0.25) is 0 Å². The maximum absolute atomic E-state index is 4.46. The van der Waals surface area contributed by atoms with Crippen molar-refractivity contribution < 1.29 is 0 Å². The third kappa shape index (κ3) is 4.09. The highest BCUT2D eigenvalue weighted by Gasteiger charge is 2.09. The monoisotopic (exact) mass is 212 g/mol. The van der Waals surface area contributed by atoms with Crippen LogP contribution >= 0.6 is 11.3 Å². The Hall–Kier alpha value is -0.570. The Morgan fingerprint density at radius 2 is 2.14 bits per heavy atom. The van der Waals surface area contributed by atoms with E-state index in [9.17, 15) is 0 Å². The molecule has 0 fully saturated rings. The van der Waals surface area contributed by atoms with Crippen LogP contribution in [0, 0.1) is 5.41 Å². The van der Waals surface area contributed by atoms with Gasteiger partial charge in [-0.15, -0.1) is 11.3 Å². The van der Waals surface area contributed by atoms with E-state index < -0.39 is 0 Å². The number of hydrogen-bond acceptors (Lipinski definition) is 3. The minimum Gasteiger partial charge on any atom is -0.361 e. The number of aryl methyl sites for hydroxylation is 1. The number of nitrogens with one attached hydrogen (secondary N) is 1. The lowest BCUT2D eigenvalue weighted by atomic mass is 9.92. The summed E-state index contributed by atoms with van der Waals surface area (Å²) in [4.78, 5) is 4.46. The molecule has 0 bridgehead atoms. The highest BCUT2D eigenvalue weighted by Crippen LogP contribution is 2.20. The summed E-state index contributed by atoms with van der Waals surface area (Å²) in [5.41, 5.74) is 1.59. The van der Waals surface area contributed by atoms with Gasteiger partial charge in [-0.3, -0.25) is 0 Å². The summed E-state index contributed by atoms with van der Waals surface area (Å²) in [5, 5.41) is 6.55. The van der Waals surface area contributed by atoms with Gasteiger partial charge < -0.3 is 5.32 Å². The number of rotatable bonds is 4. The zero-order valence-corrected chi connectivity index (χ0v) is 10.4. The van der Waals surface area contributed by atoms with Crippen LogP contribution in [0.5, 0.6) is 0 Å². The van der Waals surface area contributed by atoms with Crippen molar-refractivity contribution in [3.63, 3.8) is 0 Å². The van der Waals surface area contributed by atoms with Crippen molar-refractivity contribution in [2.75, 3.05) is 11.9 Å². The van der Waals surface area contributed by atoms with E-state index in [0.717, 1.165) is 18.1 Å². The summed E-state index contributed by atoms with van der Waals surface area (Å²) in [7, 11) is 0. The van der Waals surface area contributed by atoms with Crippen LogP contribution in [0.25, 0.3) is 0 Å². The predicted octanol–water partition coefficient (Wildman–Crippen LogP) is 3.55. The van der Waals surface area contributed by atoms with E-state index in [1.165, 1.54) is 12.1 Å². The summed E-state index contributed by atoms with van der Waals surface area (Å²) in [6, 6.07) is 0. The summed E-state index contributed by atoms with van der Waals surface area (Å²) in [6.07, 6.45) is 2.20. The van der Waals surface area contributed by atoms with Gasteiger partial charge in [0, 0.05) is 11.9 Å². The summed E-state index contributed by atoms with van der Waals surface area (Å²) >= 11 is 1.70. The second-order valence-corrected chi connectivity index (χ2v) is 5.59. The normalized spacial score (nSPS) is 11.7. The van der Waals surface area contributed by atoms with E-state index in [2.05, 4.69) is 43.4 Å². The summed E-state index contributed by atoms with van der Waals surface area (Å²) < 4.78 is 0. The van der Waals surface area contributed by atoms with Gasteiger partial charge in [0.2, 0.25) is 0 Å². The molecule has 0 unspecified atom stereocenters. The lowest BCUT2D eigenvalue weighted by molar-refractivity contribution is 0.390. The van der Waals surface area contributed by atoms with Gasteiger partial charge in [0.05, 0.1) is 5.69 Å². The maximum atomic E-state index is 4.46. The average molecular weight is 212 g/mol. The molecule has 14 heavy (non-hydrogen) atoms. The molecule has 3 heteroatoms. The number of anilines is 1. The molecule has 0 aromatic carbocycles. The Labute approximate surface area is 90.8 Å². The second-order valence-electron chi connectivity index (χ2n) is 4.73. The Bertz CT molecular complexity index is 273. The molecule has 0 saturated heterocycles. The summed E-state index contributed by atoms with van der Waals surface area (Å²) in [6.45, 7) is 9.92. The van der Waals surface area contributed by atoms with E-state index in [4.69, 9.17) is 0 Å². The first kappa shape index (κ1) is 11.5. The van der Waals surface area contributed by atoms with Crippen molar-refractivity contribution in [1.82, 2.24) is 4.98 Å². The van der Waals surface area contributed by atoms with Crippen molar-refractivity contribution in [3.8, 4) is 0 Å². The first-order valence-corrected chi connectivity index (χ1v) is 6.07. The van der Waals surface area contributed by atoms with Crippen molar-refractivity contribution in [3.05, 3.63) is 11.1 Å². The zero-order valence-electron chi connectivity index (χ0n) is 9.55. The highest BCUT2D eigenvalue weighted by atomic mass is 32.1. The van der Waals surface area contributed by atoms with E-state index in [-0.39, 0.29) is 0 Å². The molecule has 1 aromatic heterocycles. The van der Waals surface area contributed by atoms with E-state index >= 15 is 0 Å². The quantitative estimate of drug-likeness (QED) is 0.825. The van der Waals surface area contributed by atoms with Crippen LogP contribution in [0.3, 0.4) is 0 Å². The molecule has 0 spiro atoms. The molecule has 1 heterocycles. The van der Waals surface area contributed by atoms with E-state index in [1.807, 2.05) is 0 Å². The molecular weight excluding hydrogens is 192 g/mol. The lowest BCUT2D eigenvalue weighted by Gasteiger charge is -2.17. The lowest BCUT2D eigenvalue weighted by Crippen LogP contribution is -2.12. The molecule has 1 rings (SSSR count). The van der Waals surface area contributed by atoms with Crippen LogP contribution in [0.15, 0.2) is 5.38 Å². The smallest absolute Gasteiger partial charge is 0.182 e. The minimum atomic E-state index is 0.401. The molecular formula is C11H20N2S. The van der Waals surface area contributed by atoms with E-state index in [1.54, 1.807) is 11.3 Å². The number of thiazole rings is 1. The fraction of sp³-hybridized carbons (Fsp3) is 0.727. The zero-order chi connectivity index (χ0) is 10.6. The van der Waals surface area contributed by atoms with Gasteiger partial charge in [0.1, 0.15) is 0 Å². The van der Waals surface area contributed by atoms with Crippen molar-refractivity contribution in [1.29, 1.82) is 0 Å². The van der Waals surface area contributed by atoms with Crippen molar-refractivity contribution >= 4 is 16.5 Å². The van der Waals surface area contributed by atoms with Crippen LogP contribution < -0.4 is 5.32 Å². The Kier molecular flexibility index (Phi) is 3.93. The largest absolute Gasteiger partial charge is 0.361 e. The van der Waals surface area contributed by atoms with Gasteiger partial charge in [-0.05, 0) is 18.3 Å². The molecule has 1 aromatic rings. The fourth-order valence-corrected chi connectivity index (χ4v) is 1.92. The standard InChI is InChI=1S/C11H20N2S/c1-5-9-8-14-10(13-9)12-7-6-11(2,3)4/h8H,5-7H2,1-4H3,(H,12,13). The van der Waals surface area contributed by atoms with Gasteiger partial charge in [0.15, 0.2) is 5.13 Å². The molecule has 0 aliphatic carbocycles. The topological polar surface area (TPSA) is 24.9 Å². The van der Waals surface area contributed by atoms with Crippen molar-refractivity contribution in [2.24, 2.45) is 5.41 Å². The maximum Gasteiger partial charge on any atom is 0.182 e. The van der Waals surface area contributed by atoms with Gasteiger partial charge >= 0.3 is 0 Å². The Balaban J connectivity index is 2.31. The molecule has 1 N–H and O–H groups in total. The third-order valence-electron chi connectivity index (χ3n) is 2.07.